The van der Waals surface area contributed by atoms with Gasteiger partial charge >= 0.3 is 0 Å². The van der Waals surface area contributed by atoms with Crippen LogP contribution in [0.3, 0.4) is 0 Å². The lowest BCUT2D eigenvalue weighted by atomic mass is 10.2. The molecule has 7 heteroatoms. The normalized spacial score (nSPS) is 10.5. The highest BCUT2D eigenvalue weighted by Gasteiger charge is 2.07. The fraction of sp³-hybridized carbons (Fsp3) is 0.158. The molecule has 0 aliphatic rings. The minimum absolute atomic E-state index is 0.460. The van der Waals surface area contributed by atoms with Gasteiger partial charge in [-0.05, 0) is 49.4 Å². The summed E-state index contributed by atoms with van der Waals surface area (Å²) in [6.45, 7) is 1.91. The number of hydrogen-bond donors (Lipinski definition) is 2. The Bertz CT molecular complexity index is 910. The maximum Gasteiger partial charge on any atom is 0.229 e. The predicted octanol–water partition coefficient (Wildman–Crippen LogP) is 5.65. The molecule has 2 N–H and O–H groups in total. The van der Waals surface area contributed by atoms with Crippen LogP contribution in [0.1, 0.15) is 5.69 Å². The van der Waals surface area contributed by atoms with Crippen molar-refractivity contribution in [2.24, 2.45) is 0 Å². The van der Waals surface area contributed by atoms with Gasteiger partial charge in [-0.1, -0.05) is 23.2 Å². The molecule has 0 fully saturated rings. The number of nitrogens with one attached hydrogen (secondary N) is 2. The van der Waals surface area contributed by atoms with Gasteiger partial charge in [-0.3, -0.25) is 0 Å². The summed E-state index contributed by atoms with van der Waals surface area (Å²) in [5.41, 5.74) is 3.61. The Morgan fingerprint density at radius 3 is 2.27 bits per heavy atom. The molecule has 3 aromatic rings. The molecule has 2 aromatic carbocycles. The molecule has 0 aliphatic carbocycles. The average molecular weight is 388 g/mol. The summed E-state index contributed by atoms with van der Waals surface area (Å²) in [6, 6.07) is 15.2. The van der Waals surface area contributed by atoms with E-state index in [9.17, 15) is 0 Å². The highest BCUT2D eigenvalue weighted by Crippen LogP contribution is 2.28. The molecule has 0 atom stereocenters. The SMILES string of the molecule is Cc1cc(Nc2ccc(N(C)C)cc2)nc(Nc2ccc(Cl)cc2Cl)n1. The predicted molar refractivity (Wildman–Crippen MR) is 111 cm³/mol. The Balaban J connectivity index is 1.81. The van der Waals surface area contributed by atoms with Crippen LogP contribution in [0.2, 0.25) is 10.0 Å². The van der Waals surface area contributed by atoms with Gasteiger partial charge in [-0.25, -0.2) is 4.98 Å². The Labute approximate surface area is 163 Å². The third kappa shape index (κ3) is 4.56. The first-order valence-corrected chi connectivity index (χ1v) is 8.78. The van der Waals surface area contributed by atoms with Gasteiger partial charge in [0.1, 0.15) is 5.82 Å². The number of aryl methyl sites for hydroxylation is 1. The molecule has 0 spiro atoms. The molecule has 1 heterocycles. The Hall–Kier alpha value is -2.50. The first-order valence-electron chi connectivity index (χ1n) is 8.03. The molecular formula is C19H19Cl2N5. The van der Waals surface area contributed by atoms with Gasteiger partial charge in [-0.15, -0.1) is 0 Å². The molecule has 0 unspecified atom stereocenters. The molecule has 0 radical (unpaired) electrons. The second kappa shape index (κ2) is 7.81. The van der Waals surface area contributed by atoms with Gasteiger partial charge in [-0.2, -0.15) is 4.98 Å². The number of halogens is 2. The summed E-state index contributed by atoms with van der Waals surface area (Å²) in [6.07, 6.45) is 0. The van der Waals surface area contributed by atoms with E-state index in [4.69, 9.17) is 23.2 Å². The highest BCUT2D eigenvalue weighted by atomic mass is 35.5. The molecule has 1 aromatic heterocycles. The summed E-state index contributed by atoms with van der Waals surface area (Å²) in [4.78, 5) is 11.0. The lowest BCUT2D eigenvalue weighted by molar-refractivity contribution is 1.11. The third-order valence-corrected chi connectivity index (χ3v) is 4.24. The van der Waals surface area contributed by atoms with Crippen molar-refractivity contribution >= 4 is 52.0 Å². The van der Waals surface area contributed by atoms with E-state index in [0.717, 1.165) is 17.1 Å². The van der Waals surface area contributed by atoms with E-state index in [1.54, 1.807) is 18.2 Å². The van der Waals surface area contributed by atoms with Crippen molar-refractivity contribution < 1.29 is 0 Å². The van der Waals surface area contributed by atoms with Gasteiger partial charge in [0.05, 0.1) is 10.7 Å². The van der Waals surface area contributed by atoms with E-state index in [1.807, 2.05) is 51.4 Å². The largest absolute Gasteiger partial charge is 0.378 e. The standard InChI is InChI=1S/C19H19Cl2N5/c1-12-10-18(23-14-5-7-15(8-6-14)26(2)3)25-19(22-12)24-17-9-4-13(20)11-16(17)21/h4-11H,1-3H3,(H2,22,23,24,25). The van der Waals surface area contributed by atoms with Gasteiger partial charge in [0, 0.05) is 42.3 Å². The van der Waals surface area contributed by atoms with Crippen LogP contribution in [0.15, 0.2) is 48.5 Å². The van der Waals surface area contributed by atoms with Crippen LogP contribution in [0.5, 0.6) is 0 Å². The number of nitrogens with zero attached hydrogens (tertiary/aromatic N) is 3. The monoisotopic (exact) mass is 387 g/mol. The molecular weight excluding hydrogens is 369 g/mol. The summed E-state index contributed by atoms with van der Waals surface area (Å²) >= 11 is 12.1. The van der Waals surface area contributed by atoms with E-state index in [2.05, 4.69) is 25.5 Å². The summed E-state index contributed by atoms with van der Waals surface area (Å²) in [5.74, 6) is 1.16. The number of hydrogen-bond acceptors (Lipinski definition) is 5. The van der Waals surface area contributed by atoms with Crippen molar-refractivity contribution in [3.63, 3.8) is 0 Å². The topological polar surface area (TPSA) is 53.1 Å². The van der Waals surface area contributed by atoms with E-state index < -0.39 is 0 Å². The van der Waals surface area contributed by atoms with E-state index in [0.29, 0.717) is 27.5 Å². The zero-order valence-corrected chi connectivity index (χ0v) is 16.2. The van der Waals surface area contributed by atoms with E-state index in [-0.39, 0.29) is 0 Å². The van der Waals surface area contributed by atoms with Crippen molar-refractivity contribution in [3.8, 4) is 0 Å². The second-order valence-electron chi connectivity index (χ2n) is 6.03. The van der Waals surface area contributed by atoms with Crippen LogP contribution >= 0.6 is 23.2 Å². The molecule has 5 nitrogen and oxygen atoms in total. The summed E-state index contributed by atoms with van der Waals surface area (Å²) < 4.78 is 0. The minimum atomic E-state index is 0.460. The number of rotatable bonds is 5. The van der Waals surface area contributed by atoms with Crippen molar-refractivity contribution in [2.75, 3.05) is 29.6 Å². The molecule has 0 aliphatic heterocycles. The smallest absolute Gasteiger partial charge is 0.229 e. The van der Waals surface area contributed by atoms with Crippen LogP contribution in [0.25, 0.3) is 0 Å². The summed E-state index contributed by atoms with van der Waals surface area (Å²) in [7, 11) is 4.02. The van der Waals surface area contributed by atoms with E-state index in [1.165, 1.54) is 0 Å². The molecule has 134 valence electrons. The van der Waals surface area contributed by atoms with Crippen LogP contribution in [0, 0.1) is 6.92 Å². The second-order valence-corrected chi connectivity index (χ2v) is 6.88. The maximum atomic E-state index is 6.21. The first-order chi connectivity index (χ1) is 12.4. The first kappa shape index (κ1) is 18.3. The molecule has 26 heavy (non-hydrogen) atoms. The lowest BCUT2D eigenvalue weighted by Crippen LogP contribution is -2.08. The molecule has 0 bridgehead atoms. The Kier molecular flexibility index (Phi) is 5.49. The molecule has 0 saturated carbocycles. The molecule has 3 rings (SSSR count). The minimum Gasteiger partial charge on any atom is -0.378 e. The number of aromatic nitrogens is 2. The average Bonchev–Trinajstić information content (AvgIpc) is 2.57. The lowest BCUT2D eigenvalue weighted by Gasteiger charge is -2.14. The van der Waals surface area contributed by atoms with E-state index >= 15 is 0 Å². The van der Waals surface area contributed by atoms with Gasteiger partial charge in [0.2, 0.25) is 5.95 Å². The van der Waals surface area contributed by atoms with Crippen molar-refractivity contribution in [1.29, 1.82) is 0 Å². The van der Waals surface area contributed by atoms with Gasteiger partial charge < -0.3 is 15.5 Å². The number of benzene rings is 2. The summed E-state index contributed by atoms with van der Waals surface area (Å²) in [5, 5.41) is 7.52. The van der Waals surface area contributed by atoms with Gasteiger partial charge in [0.25, 0.3) is 0 Å². The molecule has 0 saturated heterocycles. The quantitative estimate of drug-likeness (QED) is 0.592. The van der Waals surface area contributed by atoms with Crippen LogP contribution in [-0.4, -0.2) is 24.1 Å². The van der Waals surface area contributed by atoms with Crippen LogP contribution < -0.4 is 15.5 Å². The van der Waals surface area contributed by atoms with Crippen molar-refractivity contribution in [1.82, 2.24) is 9.97 Å². The van der Waals surface area contributed by atoms with Crippen LogP contribution in [0.4, 0.5) is 28.8 Å². The maximum absolute atomic E-state index is 6.21. The zero-order valence-electron chi connectivity index (χ0n) is 14.7. The molecule has 0 amide bonds. The Morgan fingerprint density at radius 1 is 0.885 bits per heavy atom. The fourth-order valence-electron chi connectivity index (χ4n) is 2.39. The fourth-order valence-corrected chi connectivity index (χ4v) is 2.85. The third-order valence-electron chi connectivity index (χ3n) is 3.69. The van der Waals surface area contributed by atoms with Crippen LogP contribution in [-0.2, 0) is 0 Å². The number of anilines is 5. The Morgan fingerprint density at radius 2 is 1.62 bits per heavy atom. The zero-order chi connectivity index (χ0) is 18.7. The van der Waals surface area contributed by atoms with Crippen molar-refractivity contribution in [3.05, 3.63) is 64.3 Å². The highest BCUT2D eigenvalue weighted by molar-refractivity contribution is 6.36. The van der Waals surface area contributed by atoms with Crippen molar-refractivity contribution in [2.45, 2.75) is 6.92 Å². The van der Waals surface area contributed by atoms with Gasteiger partial charge in [0.15, 0.2) is 0 Å².